The predicted octanol–water partition coefficient (Wildman–Crippen LogP) is 3.58. The summed E-state index contributed by atoms with van der Waals surface area (Å²) in [6.07, 6.45) is 0. The first-order chi connectivity index (χ1) is 6.46. The number of fused-ring (bicyclic) bond motifs is 3. The van der Waals surface area contributed by atoms with E-state index in [9.17, 15) is 0 Å². The van der Waals surface area contributed by atoms with Gasteiger partial charge < -0.3 is 0 Å². The van der Waals surface area contributed by atoms with Gasteiger partial charge in [0.2, 0.25) is 0 Å². The lowest BCUT2D eigenvalue weighted by Gasteiger charge is -2.45. The topological polar surface area (TPSA) is 0 Å². The van der Waals surface area contributed by atoms with E-state index >= 15 is 0 Å². The van der Waals surface area contributed by atoms with Gasteiger partial charge in [-0.1, -0.05) is 39.5 Å². The first-order valence-corrected chi connectivity index (χ1v) is 4.60. The van der Waals surface area contributed by atoms with E-state index in [0.29, 0.717) is 0 Å². The molecule has 3 saturated carbocycles. The molecule has 0 amide bonds. The van der Waals surface area contributed by atoms with Crippen LogP contribution in [-0.2, 0) is 0 Å². The lowest BCUT2D eigenvalue weighted by atomic mass is 9.58. The second kappa shape index (κ2) is 2.48. The maximum atomic E-state index is 4.04. The molecule has 0 aliphatic heterocycles. The van der Waals surface area contributed by atoms with E-state index in [1.807, 2.05) is 0 Å². The maximum Gasteiger partial charge on any atom is 0.0330 e. The Morgan fingerprint density at radius 3 is 0.714 bits per heavy atom. The van der Waals surface area contributed by atoms with Crippen LogP contribution in [0.2, 0.25) is 0 Å². The van der Waals surface area contributed by atoms with Crippen molar-refractivity contribution in [1.82, 2.24) is 0 Å². The Kier molecular flexibility index (Phi) is 1.59. The molecule has 3 aliphatic carbocycles. The molecule has 3 rings (SSSR count). The molecule has 0 aromatic heterocycles. The molecule has 14 heavy (non-hydrogen) atoms. The quantitative estimate of drug-likeness (QED) is 0.537. The van der Waals surface area contributed by atoms with Gasteiger partial charge in [-0.25, -0.2) is 0 Å². The normalized spacial score (nSPS) is 31.7. The Balaban J connectivity index is 2.67. The fourth-order valence-electron chi connectivity index (χ4n) is 2.37. The van der Waals surface area contributed by atoms with E-state index in [1.165, 1.54) is 0 Å². The summed E-state index contributed by atoms with van der Waals surface area (Å²) in [5, 5.41) is 0. The van der Waals surface area contributed by atoms with Crippen molar-refractivity contribution in [2.24, 2.45) is 11.8 Å². The summed E-state index contributed by atoms with van der Waals surface area (Å²) >= 11 is 0. The molecule has 0 aromatic rings. The van der Waals surface area contributed by atoms with Crippen LogP contribution >= 0.6 is 0 Å². The molecule has 2 bridgehead atoms. The predicted molar refractivity (Wildman–Crippen MR) is 61.8 cm³/mol. The molecular weight excluding hydrogens is 168 g/mol. The standard InChI is InChI=1S/C14H14/c1-7-8(2)14-11(5)9(3)13(7)10(4)12(14)6/h13-14H,1-6H2. The molecule has 3 aliphatic rings. The minimum absolute atomic E-state index is 0.104. The lowest BCUT2D eigenvalue weighted by molar-refractivity contribution is 0.654. The zero-order chi connectivity index (χ0) is 10.6. The highest BCUT2D eigenvalue weighted by molar-refractivity contribution is 5.68. The summed E-state index contributed by atoms with van der Waals surface area (Å²) in [6, 6.07) is 0. The first kappa shape index (κ1) is 9.01. The Labute approximate surface area is 85.3 Å². The molecule has 0 spiro atoms. The summed E-state index contributed by atoms with van der Waals surface area (Å²) in [6.45, 7) is 24.3. The molecule has 0 aromatic carbocycles. The van der Waals surface area contributed by atoms with Gasteiger partial charge in [0.1, 0.15) is 0 Å². The maximum absolute atomic E-state index is 4.04. The number of hydrogen-bond acceptors (Lipinski definition) is 0. The molecule has 0 nitrogen and oxygen atoms in total. The van der Waals surface area contributed by atoms with Crippen molar-refractivity contribution in [2.45, 2.75) is 0 Å². The van der Waals surface area contributed by atoms with Crippen LogP contribution in [0.1, 0.15) is 0 Å². The SMILES string of the molecule is C=C1C(=C)C2C(=C)C(=C)C1C(=C)C2=C. The van der Waals surface area contributed by atoms with Crippen LogP contribution in [0.5, 0.6) is 0 Å². The van der Waals surface area contributed by atoms with Gasteiger partial charge in [0.15, 0.2) is 0 Å². The summed E-state index contributed by atoms with van der Waals surface area (Å²) in [4.78, 5) is 0. The summed E-state index contributed by atoms with van der Waals surface area (Å²) in [5.74, 6) is 0.208. The third kappa shape index (κ3) is 0.784. The average Bonchev–Trinajstić information content (AvgIpc) is 2.12. The largest absolute Gasteiger partial charge is 0.0946 e. The number of rotatable bonds is 0. The molecule has 0 heterocycles. The van der Waals surface area contributed by atoms with E-state index in [0.717, 1.165) is 33.4 Å². The van der Waals surface area contributed by atoms with E-state index in [4.69, 9.17) is 0 Å². The van der Waals surface area contributed by atoms with E-state index < -0.39 is 0 Å². The van der Waals surface area contributed by atoms with Crippen LogP contribution in [0, 0.1) is 11.8 Å². The average molecular weight is 182 g/mol. The highest BCUT2D eigenvalue weighted by atomic mass is 14.5. The Morgan fingerprint density at radius 1 is 0.429 bits per heavy atom. The summed E-state index contributed by atoms with van der Waals surface area (Å²) in [7, 11) is 0. The Hall–Kier alpha value is -1.56. The van der Waals surface area contributed by atoms with Crippen LogP contribution < -0.4 is 0 Å². The highest BCUT2D eigenvalue weighted by Crippen LogP contribution is 2.55. The second-order valence-corrected chi connectivity index (χ2v) is 4.02. The second-order valence-electron chi connectivity index (χ2n) is 4.02. The van der Waals surface area contributed by atoms with Gasteiger partial charge in [0, 0.05) is 11.8 Å². The van der Waals surface area contributed by atoms with Crippen LogP contribution in [0.25, 0.3) is 0 Å². The van der Waals surface area contributed by atoms with Gasteiger partial charge in [-0.3, -0.25) is 0 Å². The van der Waals surface area contributed by atoms with Gasteiger partial charge >= 0.3 is 0 Å². The van der Waals surface area contributed by atoms with Crippen molar-refractivity contribution in [1.29, 1.82) is 0 Å². The zero-order valence-corrected chi connectivity index (χ0v) is 8.40. The van der Waals surface area contributed by atoms with Crippen LogP contribution in [-0.4, -0.2) is 0 Å². The fraction of sp³-hybridized carbons (Fsp3) is 0.143. The smallest absolute Gasteiger partial charge is 0.0330 e. The molecular formula is C14H14. The van der Waals surface area contributed by atoms with Crippen molar-refractivity contribution in [3.63, 3.8) is 0 Å². The van der Waals surface area contributed by atoms with Crippen LogP contribution in [0.4, 0.5) is 0 Å². The van der Waals surface area contributed by atoms with E-state index in [-0.39, 0.29) is 11.8 Å². The first-order valence-electron chi connectivity index (χ1n) is 4.60. The third-order valence-corrected chi connectivity index (χ3v) is 3.33. The Bertz CT molecular complexity index is 320. The van der Waals surface area contributed by atoms with Crippen LogP contribution in [0.3, 0.4) is 0 Å². The monoisotopic (exact) mass is 182 g/mol. The zero-order valence-electron chi connectivity index (χ0n) is 8.40. The molecule has 3 fully saturated rings. The Morgan fingerprint density at radius 2 is 0.571 bits per heavy atom. The molecule has 0 unspecified atom stereocenters. The van der Waals surface area contributed by atoms with Crippen molar-refractivity contribution in [3.8, 4) is 0 Å². The highest BCUT2D eigenvalue weighted by Gasteiger charge is 2.42. The number of hydrogen-bond donors (Lipinski definition) is 0. The molecule has 0 N–H and O–H groups in total. The van der Waals surface area contributed by atoms with Gasteiger partial charge in [-0.05, 0) is 33.4 Å². The molecule has 0 atom stereocenters. The van der Waals surface area contributed by atoms with E-state index in [2.05, 4.69) is 39.5 Å². The van der Waals surface area contributed by atoms with Crippen molar-refractivity contribution >= 4 is 0 Å². The van der Waals surface area contributed by atoms with E-state index in [1.54, 1.807) is 0 Å². The molecule has 0 radical (unpaired) electrons. The number of allylic oxidation sites excluding steroid dienone is 6. The lowest BCUT2D eigenvalue weighted by Crippen LogP contribution is -2.33. The molecule has 0 saturated heterocycles. The summed E-state index contributed by atoms with van der Waals surface area (Å²) in [5.41, 5.74) is 6.19. The van der Waals surface area contributed by atoms with Gasteiger partial charge in [-0.2, -0.15) is 0 Å². The van der Waals surface area contributed by atoms with Crippen molar-refractivity contribution in [3.05, 3.63) is 72.9 Å². The summed E-state index contributed by atoms with van der Waals surface area (Å²) < 4.78 is 0. The van der Waals surface area contributed by atoms with Gasteiger partial charge in [-0.15, -0.1) is 0 Å². The van der Waals surface area contributed by atoms with Gasteiger partial charge in [0.05, 0.1) is 0 Å². The fourth-order valence-corrected chi connectivity index (χ4v) is 2.37. The van der Waals surface area contributed by atoms with Crippen molar-refractivity contribution in [2.75, 3.05) is 0 Å². The van der Waals surface area contributed by atoms with Gasteiger partial charge in [0.25, 0.3) is 0 Å². The molecule has 70 valence electrons. The third-order valence-electron chi connectivity index (χ3n) is 3.33. The van der Waals surface area contributed by atoms with Crippen LogP contribution in [0.15, 0.2) is 72.9 Å². The minimum atomic E-state index is 0.104. The molecule has 0 heteroatoms. The van der Waals surface area contributed by atoms with Crippen molar-refractivity contribution < 1.29 is 0 Å². The minimum Gasteiger partial charge on any atom is -0.0946 e.